The van der Waals surface area contributed by atoms with Gasteiger partial charge < -0.3 is 0 Å². The van der Waals surface area contributed by atoms with E-state index in [2.05, 4.69) is 92.1 Å². The van der Waals surface area contributed by atoms with Gasteiger partial charge in [-0.3, -0.25) is 4.98 Å². The van der Waals surface area contributed by atoms with E-state index in [1.54, 1.807) is 0 Å². The van der Waals surface area contributed by atoms with E-state index in [-0.39, 0.29) is 5.41 Å². The van der Waals surface area contributed by atoms with Crippen molar-refractivity contribution in [1.82, 2.24) is 4.98 Å². The second kappa shape index (κ2) is 11.9. The van der Waals surface area contributed by atoms with Gasteiger partial charge in [0.25, 0.3) is 0 Å². The SMILES string of the molecule is CCCCCCC[n+]1ccc(-c2cnc3c(c2)C(C)(C)c2c[n+](CCCCCCC)ccc2-3)cc1. The highest BCUT2D eigenvalue weighted by Gasteiger charge is 2.39. The summed E-state index contributed by atoms with van der Waals surface area (Å²) in [4.78, 5) is 4.98. The number of hydrogen-bond acceptors (Lipinski definition) is 1. The third-order valence-electron chi connectivity index (χ3n) is 7.77. The fourth-order valence-electron chi connectivity index (χ4n) is 5.44. The van der Waals surface area contributed by atoms with Crippen LogP contribution in [0.5, 0.6) is 0 Å². The predicted octanol–water partition coefficient (Wildman–Crippen LogP) is 7.57. The number of aryl methyl sites for hydroxylation is 2. The lowest BCUT2D eigenvalue weighted by Crippen LogP contribution is -2.34. The lowest BCUT2D eigenvalue weighted by Gasteiger charge is -2.20. The monoisotopic (exact) mass is 471 g/mol. The highest BCUT2D eigenvalue weighted by Crippen LogP contribution is 2.47. The Labute approximate surface area is 213 Å². The van der Waals surface area contributed by atoms with Crippen molar-refractivity contribution in [2.75, 3.05) is 0 Å². The molecule has 3 nitrogen and oxygen atoms in total. The minimum atomic E-state index is -0.0356. The van der Waals surface area contributed by atoms with Crippen molar-refractivity contribution < 1.29 is 9.13 Å². The number of pyridine rings is 3. The van der Waals surface area contributed by atoms with E-state index in [0.717, 1.165) is 18.8 Å². The van der Waals surface area contributed by atoms with Crippen molar-refractivity contribution in [3.8, 4) is 22.4 Å². The van der Waals surface area contributed by atoms with Crippen molar-refractivity contribution in [2.24, 2.45) is 0 Å². The van der Waals surface area contributed by atoms with Crippen molar-refractivity contribution >= 4 is 0 Å². The molecule has 0 saturated carbocycles. The zero-order valence-corrected chi connectivity index (χ0v) is 22.5. The van der Waals surface area contributed by atoms with E-state index in [1.807, 2.05) is 0 Å². The summed E-state index contributed by atoms with van der Waals surface area (Å²) in [5.74, 6) is 0. The fourth-order valence-corrected chi connectivity index (χ4v) is 5.44. The molecule has 0 radical (unpaired) electrons. The smallest absolute Gasteiger partial charge is 0.173 e. The molecule has 0 aliphatic heterocycles. The molecule has 0 aromatic carbocycles. The van der Waals surface area contributed by atoms with Gasteiger partial charge in [-0.05, 0) is 30.0 Å². The van der Waals surface area contributed by atoms with E-state index in [4.69, 9.17) is 4.98 Å². The van der Waals surface area contributed by atoms with Gasteiger partial charge in [-0.2, -0.15) is 0 Å². The highest BCUT2D eigenvalue weighted by molar-refractivity contribution is 5.79. The van der Waals surface area contributed by atoms with Crippen LogP contribution in [0.2, 0.25) is 0 Å². The van der Waals surface area contributed by atoms with Crippen molar-refractivity contribution in [3.05, 3.63) is 66.4 Å². The van der Waals surface area contributed by atoms with Crippen molar-refractivity contribution in [3.63, 3.8) is 0 Å². The average Bonchev–Trinajstić information content (AvgIpc) is 3.10. The van der Waals surface area contributed by atoms with Gasteiger partial charge in [0.2, 0.25) is 0 Å². The van der Waals surface area contributed by atoms with Crippen LogP contribution in [0.1, 0.15) is 103 Å². The van der Waals surface area contributed by atoms with Gasteiger partial charge in [-0.25, -0.2) is 9.13 Å². The van der Waals surface area contributed by atoms with Gasteiger partial charge >= 0.3 is 0 Å². The van der Waals surface area contributed by atoms with Crippen LogP contribution in [-0.4, -0.2) is 4.98 Å². The molecular weight excluding hydrogens is 426 g/mol. The fraction of sp³-hybridized carbons (Fsp3) is 0.531. The molecule has 0 N–H and O–H groups in total. The average molecular weight is 472 g/mol. The number of fused-ring (bicyclic) bond motifs is 3. The third-order valence-corrected chi connectivity index (χ3v) is 7.77. The number of hydrogen-bond donors (Lipinski definition) is 0. The summed E-state index contributed by atoms with van der Waals surface area (Å²) in [6, 6.07) is 9.16. The maximum Gasteiger partial charge on any atom is 0.173 e. The van der Waals surface area contributed by atoms with Gasteiger partial charge in [-0.15, -0.1) is 0 Å². The van der Waals surface area contributed by atoms with Crippen LogP contribution in [0.25, 0.3) is 22.4 Å². The molecule has 0 fully saturated rings. The largest absolute Gasteiger partial charge is 0.255 e. The molecule has 3 heterocycles. The summed E-state index contributed by atoms with van der Waals surface area (Å²) in [5, 5.41) is 0. The molecular formula is C32H45N3+2. The first-order chi connectivity index (χ1) is 17.0. The van der Waals surface area contributed by atoms with Gasteiger partial charge in [-0.1, -0.05) is 66.2 Å². The minimum Gasteiger partial charge on any atom is -0.255 e. The summed E-state index contributed by atoms with van der Waals surface area (Å²) in [6.07, 6.45) is 24.3. The van der Waals surface area contributed by atoms with Crippen LogP contribution in [0, 0.1) is 0 Å². The number of unbranched alkanes of at least 4 members (excludes halogenated alkanes) is 8. The Morgan fingerprint density at radius 3 is 1.94 bits per heavy atom. The normalized spacial score (nSPS) is 13.6. The Balaban J connectivity index is 1.46. The zero-order valence-electron chi connectivity index (χ0n) is 22.5. The maximum absolute atomic E-state index is 4.98. The van der Waals surface area contributed by atoms with Gasteiger partial charge in [0.15, 0.2) is 24.8 Å². The number of rotatable bonds is 13. The number of aromatic nitrogens is 3. The van der Waals surface area contributed by atoms with Gasteiger partial charge in [0.1, 0.15) is 13.1 Å². The molecule has 3 heteroatoms. The van der Waals surface area contributed by atoms with E-state index in [0.29, 0.717) is 0 Å². The summed E-state index contributed by atoms with van der Waals surface area (Å²) in [6.45, 7) is 11.5. The molecule has 0 unspecified atom stereocenters. The topological polar surface area (TPSA) is 20.6 Å². The van der Waals surface area contributed by atoms with Crippen LogP contribution in [0.4, 0.5) is 0 Å². The quantitative estimate of drug-likeness (QED) is 0.186. The number of nitrogens with zero attached hydrogens (tertiary/aromatic N) is 3. The standard InChI is InChI=1S/C32H45N3/c1-5-7-9-11-13-18-34-20-15-26(16-21-34)27-23-29-31(33-24-27)28-17-22-35(19-14-12-10-8-6-2)25-30(28)32(29,3)4/h15-17,20-25H,5-14,18-19H2,1-4H3/q+2. The van der Waals surface area contributed by atoms with Crippen molar-refractivity contribution in [1.29, 1.82) is 0 Å². The second-order valence-corrected chi connectivity index (χ2v) is 10.9. The Morgan fingerprint density at radius 1 is 0.686 bits per heavy atom. The Hall–Kier alpha value is -2.55. The second-order valence-electron chi connectivity index (χ2n) is 10.9. The zero-order chi connectivity index (χ0) is 24.7. The lowest BCUT2D eigenvalue weighted by atomic mass is 9.83. The Kier molecular flexibility index (Phi) is 8.70. The molecule has 186 valence electrons. The molecule has 0 saturated heterocycles. The molecule has 1 aliphatic carbocycles. The van der Waals surface area contributed by atoms with Gasteiger partial charge in [0, 0.05) is 59.3 Å². The van der Waals surface area contributed by atoms with Crippen molar-refractivity contribution in [2.45, 2.75) is 110 Å². The molecule has 0 atom stereocenters. The third kappa shape index (κ3) is 6.00. The molecule has 4 rings (SSSR count). The summed E-state index contributed by atoms with van der Waals surface area (Å²) in [5.41, 5.74) is 7.63. The van der Waals surface area contributed by atoms with Crippen LogP contribution >= 0.6 is 0 Å². The maximum atomic E-state index is 4.98. The molecule has 1 aliphatic rings. The van der Waals surface area contributed by atoms with E-state index in [9.17, 15) is 0 Å². The highest BCUT2D eigenvalue weighted by atomic mass is 14.9. The molecule has 0 amide bonds. The molecule has 3 aromatic rings. The minimum absolute atomic E-state index is 0.0356. The van der Waals surface area contributed by atoms with E-state index in [1.165, 1.54) is 92.0 Å². The first-order valence-corrected chi connectivity index (χ1v) is 14.1. The summed E-state index contributed by atoms with van der Waals surface area (Å²) in [7, 11) is 0. The first kappa shape index (κ1) is 25.5. The summed E-state index contributed by atoms with van der Waals surface area (Å²) < 4.78 is 4.70. The molecule has 0 bridgehead atoms. The Bertz CT molecular complexity index is 1100. The predicted molar refractivity (Wildman–Crippen MR) is 145 cm³/mol. The molecule has 3 aromatic heterocycles. The lowest BCUT2D eigenvalue weighted by molar-refractivity contribution is -0.697. The Morgan fingerprint density at radius 2 is 1.29 bits per heavy atom. The van der Waals surface area contributed by atoms with Gasteiger partial charge in [0.05, 0.1) is 5.69 Å². The van der Waals surface area contributed by atoms with E-state index >= 15 is 0 Å². The van der Waals surface area contributed by atoms with Crippen LogP contribution in [0.3, 0.4) is 0 Å². The summed E-state index contributed by atoms with van der Waals surface area (Å²) >= 11 is 0. The van der Waals surface area contributed by atoms with Crippen LogP contribution in [0.15, 0.2) is 55.2 Å². The van der Waals surface area contributed by atoms with Crippen LogP contribution < -0.4 is 9.13 Å². The van der Waals surface area contributed by atoms with E-state index < -0.39 is 0 Å². The molecule has 35 heavy (non-hydrogen) atoms. The van der Waals surface area contributed by atoms with Crippen LogP contribution in [-0.2, 0) is 18.5 Å². The first-order valence-electron chi connectivity index (χ1n) is 14.1. The molecule has 0 spiro atoms.